The molecule has 2 rings (SSSR count). The van der Waals surface area contributed by atoms with Crippen LogP contribution in [0.5, 0.6) is 0 Å². The van der Waals surface area contributed by atoms with Gasteiger partial charge in [0.1, 0.15) is 5.60 Å². The maximum Gasteiger partial charge on any atom is 0.111 e. The first-order valence-corrected chi connectivity index (χ1v) is 4.91. The SMILES string of the molecule is OC1(c2ccc(Cl)cc2)C=CC=CC1. The zero-order chi connectivity index (χ0) is 10.0. The van der Waals surface area contributed by atoms with Crippen molar-refractivity contribution >= 4 is 11.6 Å². The van der Waals surface area contributed by atoms with Crippen molar-refractivity contribution < 1.29 is 5.11 Å². The topological polar surface area (TPSA) is 20.2 Å². The summed E-state index contributed by atoms with van der Waals surface area (Å²) < 4.78 is 0. The highest BCUT2D eigenvalue weighted by Gasteiger charge is 2.25. The second-order valence-electron chi connectivity index (χ2n) is 3.42. The third-order valence-corrected chi connectivity index (χ3v) is 2.64. The van der Waals surface area contributed by atoms with Crippen LogP contribution in [-0.4, -0.2) is 5.11 Å². The van der Waals surface area contributed by atoms with Crippen LogP contribution in [0.1, 0.15) is 12.0 Å². The highest BCUT2D eigenvalue weighted by molar-refractivity contribution is 6.30. The average molecular weight is 207 g/mol. The monoisotopic (exact) mass is 206 g/mol. The molecule has 1 aliphatic carbocycles. The van der Waals surface area contributed by atoms with E-state index in [1.54, 1.807) is 18.2 Å². The molecular weight excluding hydrogens is 196 g/mol. The Hall–Kier alpha value is -1.05. The van der Waals surface area contributed by atoms with E-state index in [1.165, 1.54) is 0 Å². The molecule has 0 aromatic heterocycles. The van der Waals surface area contributed by atoms with Gasteiger partial charge in [-0.1, -0.05) is 42.0 Å². The van der Waals surface area contributed by atoms with Gasteiger partial charge in [-0.25, -0.2) is 0 Å². The van der Waals surface area contributed by atoms with E-state index >= 15 is 0 Å². The summed E-state index contributed by atoms with van der Waals surface area (Å²) >= 11 is 5.78. The largest absolute Gasteiger partial charge is 0.381 e. The van der Waals surface area contributed by atoms with E-state index in [-0.39, 0.29) is 0 Å². The molecule has 1 aromatic carbocycles. The van der Waals surface area contributed by atoms with Crippen LogP contribution in [0.15, 0.2) is 48.6 Å². The molecule has 1 N–H and O–H groups in total. The lowest BCUT2D eigenvalue weighted by Crippen LogP contribution is -2.22. The summed E-state index contributed by atoms with van der Waals surface area (Å²) in [5.41, 5.74) is 0.0155. The third-order valence-electron chi connectivity index (χ3n) is 2.39. The summed E-state index contributed by atoms with van der Waals surface area (Å²) in [6.45, 7) is 0. The van der Waals surface area contributed by atoms with Crippen molar-refractivity contribution in [2.45, 2.75) is 12.0 Å². The summed E-state index contributed by atoms with van der Waals surface area (Å²) in [5.74, 6) is 0. The van der Waals surface area contributed by atoms with Crippen molar-refractivity contribution in [2.75, 3.05) is 0 Å². The van der Waals surface area contributed by atoms with Gasteiger partial charge in [0.15, 0.2) is 0 Å². The van der Waals surface area contributed by atoms with Crippen LogP contribution in [0.2, 0.25) is 5.02 Å². The van der Waals surface area contributed by atoms with Crippen molar-refractivity contribution in [1.29, 1.82) is 0 Å². The van der Waals surface area contributed by atoms with Crippen molar-refractivity contribution in [3.05, 3.63) is 59.2 Å². The van der Waals surface area contributed by atoms with Crippen molar-refractivity contribution in [2.24, 2.45) is 0 Å². The Balaban J connectivity index is 2.34. The standard InChI is InChI=1S/C12H11ClO/c13-11-6-4-10(5-7-11)12(14)8-2-1-3-9-12/h1-8,14H,9H2. The van der Waals surface area contributed by atoms with Crippen LogP contribution >= 0.6 is 11.6 Å². The second kappa shape index (κ2) is 3.60. The number of hydrogen-bond donors (Lipinski definition) is 1. The molecule has 0 aliphatic heterocycles. The maximum atomic E-state index is 10.3. The fraction of sp³-hybridized carbons (Fsp3) is 0.167. The van der Waals surface area contributed by atoms with Crippen molar-refractivity contribution in [1.82, 2.24) is 0 Å². The molecular formula is C12H11ClO. The van der Waals surface area contributed by atoms with Gasteiger partial charge in [-0.15, -0.1) is 0 Å². The number of rotatable bonds is 1. The van der Waals surface area contributed by atoms with Crippen LogP contribution in [0.25, 0.3) is 0 Å². The van der Waals surface area contributed by atoms with Crippen molar-refractivity contribution in [3.8, 4) is 0 Å². The third kappa shape index (κ3) is 1.74. The fourth-order valence-corrected chi connectivity index (χ4v) is 1.69. The van der Waals surface area contributed by atoms with E-state index in [0.717, 1.165) is 5.56 Å². The number of allylic oxidation sites excluding steroid dienone is 2. The number of aliphatic hydroxyl groups is 1. The molecule has 2 heteroatoms. The van der Waals surface area contributed by atoms with Crippen molar-refractivity contribution in [3.63, 3.8) is 0 Å². The first kappa shape index (κ1) is 9.50. The Morgan fingerprint density at radius 2 is 1.86 bits per heavy atom. The molecule has 0 spiro atoms. The molecule has 1 unspecified atom stereocenters. The molecule has 0 heterocycles. The molecule has 14 heavy (non-hydrogen) atoms. The maximum absolute atomic E-state index is 10.3. The lowest BCUT2D eigenvalue weighted by molar-refractivity contribution is 0.0916. The van der Waals surface area contributed by atoms with Crippen LogP contribution < -0.4 is 0 Å². The molecule has 1 atom stereocenters. The van der Waals surface area contributed by atoms with Gasteiger partial charge in [0, 0.05) is 11.4 Å². The Bertz CT molecular complexity index is 378. The molecule has 0 saturated heterocycles. The molecule has 0 saturated carbocycles. The Labute approximate surface area is 88.3 Å². The number of hydrogen-bond acceptors (Lipinski definition) is 1. The molecule has 1 nitrogen and oxygen atoms in total. The zero-order valence-electron chi connectivity index (χ0n) is 7.65. The normalized spacial score (nSPS) is 25.3. The second-order valence-corrected chi connectivity index (χ2v) is 3.86. The van der Waals surface area contributed by atoms with E-state index in [2.05, 4.69) is 0 Å². The molecule has 0 amide bonds. The Kier molecular flexibility index (Phi) is 2.44. The summed E-state index contributed by atoms with van der Waals surface area (Å²) in [5, 5.41) is 10.9. The van der Waals surface area contributed by atoms with Gasteiger partial charge >= 0.3 is 0 Å². The lowest BCUT2D eigenvalue weighted by Gasteiger charge is -2.25. The predicted molar refractivity (Wildman–Crippen MR) is 58.2 cm³/mol. The number of benzene rings is 1. The summed E-state index contributed by atoms with van der Waals surface area (Å²) in [6.07, 6.45) is 8.17. The van der Waals surface area contributed by atoms with E-state index in [0.29, 0.717) is 11.4 Å². The van der Waals surface area contributed by atoms with Crippen LogP contribution in [0, 0.1) is 0 Å². The minimum Gasteiger partial charge on any atom is -0.381 e. The highest BCUT2D eigenvalue weighted by Crippen LogP contribution is 2.30. The van der Waals surface area contributed by atoms with Gasteiger partial charge in [-0.05, 0) is 23.8 Å². The van der Waals surface area contributed by atoms with Gasteiger partial charge in [0.25, 0.3) is 0 Å². The van der Waals surface area contributed by atoms with Gasteiger partial charge < -0.3 is 5.11 Å². The number of halogens is 1. The molecule has 72 valence electrons. The Morgan fingerprint density at radius 1 is 1.14 bits per heavy atom. The van der Waals surface area contributed by atoms with E-state index in [1.807, 2.05) is 30.4 Å². The molecule has 0 radical (unpaired) electrons. The van der Waals surface area contributed by atoms with Gasteiger partial charge in [-0.2, -0.15) is 0 Å². The first-order valence-electron chi connectivity index (χ1n) is 4.53. The fourth-order valence-electron chi connectivity index (χ4n) is 1.56. The molecule has 0 fully saturated rings. The summed E-state index contributed by atoms with van der Waals surface area (Å²) in [4.78, 5) is 0. The summed E-state index contributed by atoms with van der Waals surface area (Å²) in [6, 6.07) is 7.29. The Morgan fingerprint density at radius 3 is 2.43 bits per heavy atom. The van der Waals surface area contributed by atoms with E-state index in [4.69, 9.17) is 11.6 Å². The molecule has 1 aromatic rings. The summed E-state index contributed by atoms with van der Waals surface area (Å²) in [7, 11) is 0. The quantitative estimate of drug-likeness (QED) is 0.749. The van der Waals surface area contributed by atoms with Gasteiger partial charge in [-0.3, -0.25) is 0 Å². The van der Waals surface area contributed by atoms with E-state index in [9.17, 15) is 5.11 Å². The highest BCUT2D eigenvalue weighted by atomic mass is 35.5. The van der Waals surface area contributed by atoms with Gasteiger partial charge in [0.05, 0.1) is 0 Å². The predicted octanol–water partition coefficient (Wildman–Crippen LogP) is 3.04. The lowest BCUT2D eigenvalue weighted by atomic mass is 9.88. The average Bonchev–Trinajstić information content (AvgIpc) is 2.19. The zero-order valence-corrected chi connectivity index (χ0v) is 8.41. The van der Waals surface area contributed by atoms with E-state index < -0.39 is 5.60 Å². The van der Waals surface area contributed by atoms with Gasteiger partial charge in [0.2, 0.25) is 0 Å². The molecule has 1 aliphatic rings. The minimum absolute atomic E-state index is 0.616. The first-order chi connectivity index (χ1) is 6.71. The smallest absolute Gasteiger partial charge is 0.111 e. The minimum atomic E-state index is -0.862. The van der Waals surface area contributed by atoms with Crippen LogP contribution in [0.3, 0.4) is 0 Å². The molecule has 0 bridgehead atoms. The van der Waals surface area contributed by atoms with Crippen LogP contribution in [-0.2, 0) is 5.60 Å². The van der Waals surface area contributed by atoms with Crippen LogP contribution in [0.4, 0.5) is 0 Å².